The molecule has 0 heterocycles. The highest BCUT2D eigenvalue weighted by molar-refractivity contribution is 5.17. The molecule has 0 saturated heterocycles. The molecule has 1 heteroatoms. The predicted molar refractivity (Wildman–Crippen MR) is 80.9 cm³/mol. The Morgan fingerprint density at radius 3 is 2.17 bits per heavy atom. The van der Waals surface area contributed by atoms with Gasteiger partial charge < -0.3 is 5.32 Å². The molecule has 1 atom stereocenters. The maximum absolute atomic E-state index is 3.60. The highest BCUT2D eigenvalue weighted by Gasteiger charge is 2.02. The maximum Gasteiger partial charge on any atom is 0.0291 e. The topological polar surface area (TPSA) is 12.0 Å². The summed E-state index contributed by atoms with van der Waals surface area (Å²) in [5.41, 5.74) is 1.39. The monoisotopic (exact) mass is 247 g/mol. The van der Waals surface area contributed by atoms with Crippen LogP contribution in [-0.2, 0) is 0 Å². The molecule has 0 radical (unpaired) electrons. The maximum atomic E-state index is 3.60. The van der Waals surface area contributed by atoms with E-state index in [-0.39, 0.29) is 0 Å². The van der Waals surface area contributed by atoms with Crippen molar-refractivity contribution in [3.8, 4) is 0 Å². The SMILES string of the molecule is CCCCCCCCCN[C@H](C)c1ccccc1. The van der Waals surface area contributed by atoms with E-state index >= 15 is 0 Å². The normalized spacial score (nSPS) is 12.6. The van der Waals surface area contributed by atoms with Crippen molar-refractivity contribution in [1.82, 2.24) is 5.32 Å². The first-order chi connectivity index (χ1) is 8.84. The summed E-state index contributed by atoms with van der Waals surface area (Å²) in [7, 11) is 0. The van der Waals surface area contributed by atoms with Gasteiger partial charge >= 0.3 is 0 Å². The van der Waals surface area contributed by atoms with Gasteiger partial charge in [-0.25, -0.2) is 0 Å². The number of nitrogens with one attached hydrogen (secondary N) is 1. The van der Waals surface area contributed by atoms with E-state index in [2.05, 4.69) is 49.5 Å². The molecule has 0 unspecified atom stereocenters. The first kappa shape index (κ1) is 15.2. The van der Waals surface area contributed by atoms with Gasteiger partial charge in [0.05, 0.1) is 0 Å². The van der Waals surface area contributed by atoms with Crippen molar-refractivity contribution < 1.29 is 0 Å². The minimum absolute atomic E-state index is 0.478. The number of unbranched alkanes of at least 4 members (excludes halogenated alkanes) is 6. The van der Waals surface area contributed by atoms with Gasteiger partial charge in [0.1, 0.15) is 0 Å². The summed E-state index contributed by atoms with van der Waals surface area (Å²) in [6.07, 6.45) is 9.68. The molecule has 0 saturated carbocycles. The lowest BCUT2D eigenvalue weighted by atomic mass is 10.1. The van der Waals surface area contributed by atoms with Crippen LogP contribution >= 0.6 is 0 Å². The fraction of sp³-hybridized carbons (Fsp3) is 0.647. The third-order valence-corrected chi connectivity index (χ3v) is 3.53. The van der Waals surface area contributed by atoms with E-state index in [9.17, 15) is 0 Å². The molecule has 0 aliphatic rings. The predicted octanol–water partition coefficient (Wildman–Crippen LogP) is 5.09. The highest BCUT2D eigenvalue weighted by Crippen LogP contribution is 2.11. The lowest BCUT2D eigenvalue weighted by Crippen LogP contribution is -2.19. The second-order valence-electron chi connectivity index (χ2n) is 5.21. The number of benzene rings is 1. The minimum Gasteiger partial charge on any atom is -0.310 e. The van der Waals surface area contributed by atoms with Crippen LogP contribution in [0.4, 0.5) is 0 Å². The van der Waals surface area contributed by atoms with E-state index in [1.807, 2.05) is 0 Å². The Morgan fingerprint density at radius 1 is 0.889 bits per heavy atom. The molecule has 1 nitrogen and oxygen atoms in total. The second-order valence-corrected chi connectivity index (χ2v) is 5.21. The fourth-order valence-electron chi connectivity index (χ4n) is 2.26. The average molecular weight is 247 g/mol. The van der Waals surface area contributed by atoms with E-state index in [0.29, 0.717) is 6.04 Å². The summed E-state index contributed by atoms with van der Waals surface area (Å²) < 4.78 is 0. The molecule has 1 aromatic rings. The van der Waals surface area contributed by atoms with Crippen LogP contribution in [0, 0.1) is 0 Å². The standard InChI is InChI=1S/C17H29N/c1-3-4-5-6-7-8-12-15-18-16(2)17-13-10-9-11-14-17/h9-11,13-14,16,18H,3-8,12,15H2,1-2H3/t16-/m1/s1. The van der Waals surface area contributed by atoms with Crippen molar-refractivity contribution in [3.05, 3.63) is 35.9 Å². The molecule has 0 fully saturated rings. The highest BCUT2D eigenvalue weighted by atomic mass is 14.9. The average Bonchev–Trinajstić information content (AvgIpc) is 2.42. The summed E-state index contributed by atoms with van der Waals surface area (Å²) in [4.78, 5) is 0. The molecule has 1 N–H and O–H groups in total. The first-order valence-corrected chi connectivity index (χ1v) is 7.63. The summed E-state index contributed by atoms with van der Waals surface area (Å²) in [5.74, 6) is 0. The van der Waals surface area contributed by atoms with Gasteiger partial charge in [0.25, 0.3) is 0 Å². The molecule has 1 rings (SSSR count). The lowest BCUT2D eigenvalue weighted by molar-refractivity contribution is 0.524. The van der Waals surface area contributed by atoms with Crippen molar-refractivity contribution in [2.75, 3.05) is 6.54 Å². The third kappa shape index (κ3) is 6.80. The molecule has 0 aromatic heterocycles. The molecule has 18 heavy (non-hydrogen) atoms. The quantitative estimate of drug-likeness (QED) is 0.568. The van der Waals surface area contributed by atoms with Crippen LogP contribution in [0.25, 0.3) is 0 Å². The summed E-state index contributed by atoms with van der Waals surface area (Å²) in [6.45, 7) is 5.66. The minimum atomic E-state index is 0.478. The third-order valence-electron chi connectivity index (χ3n) is 3.53. The van der Waals surface area contributed by atoms with Crippen molar-refractivity contribution in [2.45, 2.75) is 64.8 Å². The first-order valence-electron chi connectivity index (χ1n) is 7.63. The smallest absolute Gasteiger partial charge is 0.0291 e. The van der Waals surface area contributed by atoms with Crippen molar-refractivity contribution in [3.63, 3.8) is 0 Å². The van der Waals surface area contributed by atoms with Crippen molar-refractivity contribution in [1.29, 1.82) is 0 Å². The molecule has 102 valence electrons. The van der Waals surface area contributed by atoms with E-state index in [4.69, 9.17) is 0 Å². The Balaban J connectivity index is 1.98. The zero-order valence-corrected chi connectivity index (χ0v) is 12.1. The number of rotatable bonds is 10. The Bertz CT molecular complexity index is 281. The van der Waals surface area contributed by atoms with Gasteiger partial charge in [0.2, 0.25) is 0 Å². The Labute approximate surface area is 113 Å². The Morgan fingerprint density at radius 2 is 1.50 bits per heavy atom. The van der Waals surface area contributed by atoms with Crippen LogP contribution in [0.3, 0.4) is 0 Å². The van der Waals surface area contributed by atoms with Crippen LogP contribution in [-0.4, -0.2) is 6.54 Å². The lowest BCUT2D eigenvalue weighted by Gasteiger charge is -2.13. The Hall–Kier alpha value is -0.820. The molecular formula is C17H29N. The summed E-state index contributed by atoms with van der Waals surface area (Å²) in [5, 5.41) is 3.60. The fourth-order valence-corrected chi connectivity index (χ4v) is 2.26. The number of hydrogen-bond acceptors (Lipinski definition) is 1. The second kappa shape index (κ2) is 10.1. The molecule has 0 spiro atoms. The van der Waals surface area contributed by atoms with Crippen LogP contribution in [0.1, 0.15) is 70.4 Å². The van der Waals surface area contributed by atoms with Crippen molar-refractivity contribution >= 4 is 0 Å². The zero-order chi connectivity index (χ0) is 13.1. The van der Waals surface area contributed by atoms with Gasteiger partial charge in [-0.2, -0.15) is 0 Å². The van der Waals surface area contributed by atoms with Crippen LogP contribution in [0.2, 0.25) is 0 Å². The van der Waals surface area contributed by atoms with Crippen LogP contribution in [0.15, 0.2) is 30.3 Å². The van der Waals surface area contributed by atoms with Gasteiger partial charge in [-0.05, 0) is 25.5 Å². The van der Waals surface area contributed by atoms with Gasteiger partial charge in [-0.3, -0.25) is 0 Å². The number of hydrogen-bond donors (Lipinski definition) is 1. The summed E-state index contributed by atoms with van der Waals surface area (Å²) in [6, 6.07) is 11.2. The molecule has 1 aromatic carbocycles. The van der Waals surface area contributed by atoms with Crippen LogP contribution < -0.4 is 5.32 Å². The molecule has 0 bridgehead atoms. The van der Waals surface area contributed by atoms with Gasteiger partial charge in [-0.1, -0.05) is 75.8 Å². The van der Waals surface area contributed by atoms with Gasteiger partial charge in [0.15, 0.2) is 0 Å². The Kier molecular flexibility index (Phi) is 8.58. The van der Waals surface area contributed by atoms with Gasteiger partial charge in [0, 0.05) is 6.04 Å². The van der Waals surface area contributed by atoms with Crippen LogP contribution in [0.5, 0.6) is 0 Å². The molecular weight excluding hydrogens is 218 g/mol. The molecule has 0 aliphatic carbocycles. The van der Waals surface area contributed by atoms with E-state index < -0.39 is 0 Å². The van der Waals surface area contributed by atoms with Crippen molar-refractivity contribution in [2.24, 2.45) is 0 Å². The van der Waals surface area contributed by atoms with Gasteiger partial charge in [-0.15, -0.1) is 0 Å². The van der Waals surface area contributed by atoms with E-state index in [1.165, 1.54) is 50.5 Å². The largest absolute Gasteiger partial charge is 0.310 e. The zero-order valence-electron chi connectivity index (χ0n) is 12.1. The summed E-state index contributed by atoms with van der Waals surface area (Å²) >= 11 is 0. The molecule has 0 aliphatic heterocycles. The van der Waals surface area contributed by atoms with E-state index in [0.717, 1.165) is 6.54 Å². The van der Waals surface area contributed by atoms with E-state index in [1.54, 1.807) is 0 Å². The molecule has 0 amide bonds.